The number of methoxy groups -OCH3 is 1. The van der Waals surface area contributed by atoms with Gasteiger partial charge in [-0.05, 0) is 50.2 Å². The molecule has 2 aromatic carbocycles. The number of anilines is 1. The minimum absolute atomic E-state index is 0.0306. The molecule has 2 aromatic rings. The molecule has 4 nitrogen and oxygen atoms in total. The smallest absolute Gasteiger partial charge is 0.142 e. The van der Waals surface area contributed by atoms with Gasteiger partial charge in [0.2, 0.25) is 0 Å². The summed E-state index contributed by atoms with van der Waals surface area (Å²) in [6.07, 6.45) is 0.0306. The predicted octanol–water partition coefficient (Wildman–Crippen LogP) is 3.97. The van der Waals surface area contributed by atoms with Gasteiger partial charge in [0.25, 0.3) is 0 Å². The summed E-state index contributed by atoms with van der Waals surface area (Å²) in [5.41, 5.74) is 0.981. The zero-order valence-corrected chi connectivity index (χ0v) is 13.3. The minimum atomic E-state index is 0.0306. The van der Waals surface area contributed by atoms with Crippen LogP contribution in [0.15, 0.2) is 48.5 Å². The molecule has 0 aliphatic rings. The maximum atomic E-state index is 5.88. The first-order valence-corrected chi connectivity index (χ1v) is 7.49. The highest BCUT2D eigenvalue weighted by atomic mass is 16.5. The van der Waals surface area contributed by atoms with Gasteiger partial charge < -0.3 is 19.5 Å². The molecule has 0 bridgehead atoms. The van der Waals surface area contributed by atoms with Crippen molar-refractivity contribution in [1.29, 1.82) is 0 Å². The van der Waals surface area contributed by atoms with Gasteiger partial charge in [0.15, 0.2) is 0 Å². The molecule has 22 heavy (non-hydrogen) atoms. The molecule has 0 radical (unpaired) electrons. The first-order chi connectivity index (χ1) is 10.7. The Morgan fingerprint density at radius 3 is 2.36 bits per heavy atom. The fourth-order valence-electron chi connectivity index (χ4n) is 2.08. The molecule has 1 unspecified atom stereocenters. The second-order valence-corrected chi connectivity index (χ2v) is 4.91. The Bertz CT molecular complexity index is 569. The molecular weight excluding hydrogens is 278 g/mol. The van der Waals surface area contributed by atoms with Crippen LogP contribution in [0.1, 0.15) is 13.8 Å². The number of ether oxygens (including phenoxy) is 3. The monoisotopic (exact) mass is 301 g/mol. The number of hydrogen-bond donors (Lipinski definition) is 1. The Labute approximate surface area is 132 Å². The largest absolute Gasteiger partial charge is 0.497 e. The summed E-state index contributed by atoms with van der Waals surface area (Å²) in [6.45, 7) is 5.35. The molecule has 0 heterocycles. The number of nitrogens with one attached hydrogen (secondary N) is 1. The Hall–Kier alpha value is -2.36. The van der Waals surface area contributed by atoms with Crippen LogP contribution in [0.5, 0.6) is 17.2 Å². The van der Waals surface area contributed by atoms with Crippen LogP contribution in [-0.4, -0.2) is 26.4 Å². The van der Waals surface area contributed by atoms with Gasteiger partial charge in [0.05, 0.1) is 25.9 Å². The van der Waals surface area contributed by atoms with E-state index >= 15 is 0 Å². The van der Waals surface area contributed by atoms with Crippen molar-refractivity contribution in [3.63, 3.8) is 0 Å². The van der Waals surface area contributed by atoms with Crippen LogP contribution in [0, 0.1) is 0 Å². The molecular formula is C18H23NO3. The maximum Gasteiger partial charge on any atom is 0.142 e. The predicted molar refractivity (Wildman–Crippen MR) is 89.2 cm³/mol. The van der Waals surface area contributed by atoms with Gasteiger partial charge in [-0.2, -0.15) is 0 Å². The van der Waals surface area contributed by atoms with Crippen LogP contribution < -0.4 is 19.5 Å². The molecule has 1 atom stereocenters. The summed E-state index contributed by atoms with van der Waals surface area (Å²) in [5.74, 6) is 2.51. The average molecular weight is 301 g/mol. The van der Waals surface area contributed by atoms with Crippen LogP contribution in [0.4, 0.5) is 5.69 Å². The molecule has 0 aromatic heterocycles. The van der Waals surface area contributed by atoms with Crippen molar-refractivity contribution >= 4 is 5.69 Å². The van der Waals surface area contributed by atoms with Gasteiger partial charge in [0.1, 0.15) is 23.4 Å². The number of benzene rings is 2. The van der Waals surface area contributed by atoms with E-state index in [-0.39, 0.29) is 6.10 Å². The molecule has 4 heteroatoms. The summed E-state index contributed by atoms with van der Waals surface area (Å²) in [4.78, 5) is 0. The summed E-state index contributed by atoms with van der Waals surface area (Å²) >= 11 is 0. The van der Waals surface area contributed by atoms with Crippen LogP contribution in [0.3, 0.4) is 0 Å². The quantitative estimate of drug-likeness (QED) is 0.801. The number of rotatable bonds is 8. The third-order valence-electron chi connectivity index (χ3n) is 3.16. The number of para-hydroxylation sites is 2. The van der Waals surface area contributed by atoms with Gasteiger partial charge >= 0.3 is 0 Å². The fraction of sp³-hybridized carbons (Fsp3) is 0.333. The fourth-order valence-corrected chi connectivity index (χ4v) is 2.08. The molecule has 1 N–H and O–H groups in total. The second-order valence-electron chi connectivity index (χ2n) is 4.91. The molecule has 0 aliphatic heterocycles. The van der Waals surface area contributed by atoms with Crippen LogP contribution in [0.25, 0.3) is 0 Å². The Kier molecular flexibility index (Phi) is 5.95. The second kappa shape index (κ2) is 8.17. The van der Waals surface area contributed by atoms with Gasteiger partial charge in [-0.3, -0.25) is 0 Å². The lowest BCUT2D eigenvalue weighted by Crippen LogP contribution is -2.22. The third kappa shape index (κ3) is 4.58. The standard InChI is InChI=1S/C18H23NO3/c1-4-21-18-8-6-5-7-17(18)19-13-14(2)22-16-11-9-15(20-3)10-12-16/h5-12,14,19H,4,13H2,1-3H3. The molecule has 0 spiro atoms. The Morgan fingerprint density at radius 1 is 1.00 bits per heavy atom. The van der Waals surface area contributed by atoms with E-state index < -0.39 is 0 Å². The zero-order valence-electron chi connectivity index (χ0n) is 13.3. The van der Waals surface area contributed by atoms with Crippen molar-refractivity contribution in [2.24, 2.45) is 0 Å². The SMILES string of the molecule is CCOc1ccccc1NCC(C)Oc1ccc(OC)cc1. The van der Waals surface area contributed by atoms with Crippen LogP contribution in [-0.2, 0) is 0 Å². The lowest BCUT2D eigenvalue weighted by Gasteiger charge is -2.18. The Morgan fingerprint density at radius 2 is 1.68 bits per heavy atom. The van der Waals surface area contributed by atoms with Crippen molar-refractivity contribution in [3.8, 4) is 17.2 Å². The lowest BCUT2D eigenvalue weighted by atomic mass is 10.2. The van der Waals surface area contributed by atoms with Crippen molar-refractivity contribution in [3.05, 3.63) is 48.5 Å². The molecule has 0 amide bonds. The highest BCUT2D eigenvalue weighted by Crippen LogP contribution is 2.24. The normalized spacial score (nSPS) is 11.6. The highest BCUT2D eigenvalue weighted by molar-refractivity contribution is 5.56. The van der Waals surface area contributed by atoms with Gasteiger partial charge in [-0.25, -0.2) is 0 Å². The number of hydrogen-bond acceptors (Lipinski definition) is 4. The molecule has 118 valence electrons. The highest BCUT2D eigenvalue weighted by Gasteiger charge is 2.07. The Balaban J connectivity index is 1.88. The average Bonchev–Trinajstić information content (AvgIpc) is 2.55. The first kappa shape index (κ1) is 16.0. The molecule has 0 saturated heterocycles. The first-order valence-electron chi connectivity index (χ1n) is 7.49. The molecule has 0 saturated carbocycles. The molecule has 0 aliphatic carbocycles. The van der Waals surface area contributed by atoms with E-state index in [1.54, 1.807) is 7.11 Å². The van der Waals surface area contributed by atoms with Crippen molar-refractivity contribution < 1.29 is 14.2 Å². The van der Waals surface area contributed by atoms with Crippen LogP contribution >= 0.6 is 0 Å². The maximum absolute atomic E-state index is 5.88. The van der Waals surface area contributed by atoms with E-state index in [0.29, 0.717) is 13.2 Å². The topological polar surface area (TPSA) is 39.7 Å². The van der Waals surface area contributed by atoms with Gasteiger partial charge in [-0.15, -0.1) is 0 Å². The summed E-state index contributed by atoms with van der Waals surface area (Å²) in [7, 11) is 1.65. The van der Waals surface area contributed by atoms with Crippen molar-refractivity contribution in [2.75, 3.05) is 25.6 Å². The van der Waals surface area contributed by atoms with E-state index in [0.717, 1.165) is 22.9 Å². The van der Waals surface area contributed by atoms with Gasteiger partial charge in [-0.1, -0.05) is 12.1 Å². The summed E-state index contributed by atoms with van der Waals surface area (Å²) in [6, 6.07) is 15.5. The van der Waals surface area contributed by atoms with E-state index in [9.17, 15) is 0 Å². The molecule has 0 fully saturated rings. The van der Waals surface area contributed by atoms with Crippen LogP contribution in [0.2, 0.25) is 0 Å². The third-order valence-corrected chi connectivity index (χ3v) is 3.16. The van der Waals surface area contributed by atoms with E-state index in [2.05, 4.69) is 5.32 Å². The van der Waals surface area contributed by atoms with E-state index in [1.807, 2.05) is 62.4 Å². The van der Waals surface area contributed by atoms with Crippen molar-refractivity contribution in [2.45, 2.75) is 20.0 Å². The molecule has 2 rings (SSSR count). The van der Waals surface area contributed by atoms with E-state index in [1.165, 1.54) is 0 Å². The van der Waals surface area contributed by atoms with Crippen molar-refractivity contribution in [1.82, 2.24) is 0 Å². The van der Waals surface area contributed by atoms with Gasteiger partial charge in [0, 0.05) is 0 Å². The lowest BCUT2D eigenvalue weighted by molar-refractivity contribution is 0.234. The summed E-state index contributed by atoms with van der Waals surface area (Å²) in [5, 5.41) is 3.37. The summed E-state index contributed by atoms with van der Waals surface area (Å²) < 4.78 is 16.6. The van der Waals surface area contributed by atoms with E-state index in [4.69, 9.17) is 14.2 Å². The minimum Gasteiger partial charge on any atom is -0.497 e. The zero-order chi connectivity index (χ0) is 15.8.